The highest BCUT2D eigenvalue weighted by Gasteiger charge is 2.03. The van der Waals surface area contributed by atoms with Gasteiger partial charge in [-0.1, -0.05) is 35.9 Å². The van der Waals surface area contributed by atoms with E-state index in [1.165, 1.54) is 18.2 Å². The second-order valence-electron chi connectivity index (χ2n) is 4.03. The van der Waals surface area contributed by atoms with Crippen molar-refractivity contribution in [3.8, 4) is 11.8 Å². The van der Waals surface area contributed by atoms with Gasteiger partial charge in [-0.2, -0.15) is 5.26 Å². The Hall–Kier alpha value is -2.51. The van der Waals surface area contributed by atoms with Gasteiger partial charge in [0.2, 0.25) is 0 Å². The second kappa shape index (κ2) is 6.09. The molecule has 0 saturated carbocycles. The fraction of sp³-hybridized carbons (Fsp3) is 0.0667. The largest absolute Gasteiger partial charge is 0.545 e. The molecule has 0 heterocycles. The van der Waals surface area contributed by atoms with Crippen molar-refractivity contribution >= 4 is 17.6 Å². The van der Waals surface area contributed by atoms with E-state index < -0.39 is 5.97 Å². The molecule has 0 aromatic heterocycles. The van der Waals surface area contributed by atoms with Crippen molar-refractivity contribution in [3.05, 3.63) is 64.2 Å². The summed E-state index contributed by atoms with van der Waals surface area (Å²) in [4.78, 5) is 10.6. The van der Waals surface area contributed by atoms with Crippen LogP contribution in [-0.2, 0) is 6.61 Å². The highest BCUT2D eigenvalue weighted by atomic mass is 35.5. The van der Waals surface area contributed by atoms with Crippen LogP contribution in [-0.4, -0.2) is 5.97 Å². The Morgan fingerprint density at radius 3 is 2.50 bits per heavy atom. The van der Waals surface area contributed by atoms with Crippen molar-refractivity contribution in [2.75, 3.05) is 0 Å². The minimum absolute atomic E-state index is 0.116. The zero-order valence-electron chi connectivity index (χ0n) is 10.3. The molecule has 0 bridgehead atoms. The van der Waals surface area contributed by atoms with Gasteiger partial charge in [0, 0.05) is 0 Å². The monoisotopic (exact) mass is 286 g/mol. The van der Waals surface area contributed by atoms with Crippen molar-refractivity contribution in [1.82, 2.24) is 0 Å². The van der Waals surface area contributed by atoms with Gasteiger partial charge in [-0.25, -0.2) is 0 Å². The van der Waals surface area contributed by atoms with Crippen LogP contribution in [0.15, 0.2) is 42.5 Å². The lowest BCUT2D eigenvalue weighted by atomic mass is 10.1. The highest BCUT2D eigenvalue weighted by molar-refractivity contribution is 6.32. The Bertz CT molecular complexity index is 675. The number of hydrogen-bond acceptors (Lipinski definition) is 4. The number of halogens is 1. The molecule has 0 fully saturated rings. The third kappa shape index (κ3) is 3.28. The first kappa shape index (κ1) is 13.9. The first-order chi connectivity index (χ1) is 9.60. The maximum atomic E-state index is 10.6. The molecule has 0 saturated heterocycles. The van der Waals surface area contributed by atoms with Crippen LogP contribution in [0, 0.1) is 11.3 Å². The zero-order chi connectivity index (χ0) is 14.5. The number of hydrogen-bond donors (Lipinski definition) is 0. The summed E-state index contributed by atoms with van der Waals surface area (Å²) in [6.07, 6.45) is 0. The Morgan fingerprint density at radius 1 is 1.25 bits per heavy atom. The molecule has 0 spiro atoms. The molecule has 0 aliphatic carbocycles. The maximum absolute atomic E-state index is 10.6. The van der Waals surface area contributed by atoms with E-state index in [0.29, 0.717) is 16.3 Å². The number of rotatable bonds is 4. The van der Waals surface area contributed by atoms with Gasteiger partial charge in [-0.15, -0.1) is 0 Å². The first-order valence-electron chi connectivity index (χ1n) is 5.73. The smallest absolute Gasteiger partial charge is 0.138 e. The average molecular weight is 287 g/mol. The minimum atomic E-state index is -1.22. The van der Waals surface area contributed by atoms with E-state index in [-0.39, 0.29) is 12.2 Å². The number of carboxylic acid groups (broad SMARTS) is 1. The topological polar surface area (TPSA) is 73.1 Å². The van der Waals surface area contributed by atoms with E-state index >= 15 is 0 Å². The molecule has 5 heteroatoms. The summed E-state index contributed by atoms with van der Waals surface area (Å²) >= 11 is 5.98. The maximum Gasteiger partial charge on any atom is 0.138 e. The van der Waals surface area contributed by atoms with Crippen LogP contribution in [0.1, 0.15) is 21.5 Å². The molecule has 20 heavy (non-hydrogen) atoms. The Labute approximate surface area is 120 Å². The van der Waals surface area contributed by atoms with E-state index in [9.17, 15) is 9.90 Å². The normalized spacial score (nSPS) is 9.80. The predicted molar refractivity (Wildman–Crippen MR) is 71.3 cm³/mol. The van der Waals surface area contributed by atoms with Crippen LogP contribution >= 0.6 is 11.6 Å². The van der Waals surface area contributed by atoms with Crippen LogP contribution in [0.3, 0.4) is 0 Å². The SMILES string of the molecule is N#Cc1ccc(OCc2ccc(C(=O)[O-])cc2)c(Cl)c1. The molecule has 2 rings (SSSR count). The second-order valence-corrected chi connectivity index (χ2v) is 4.44. The van der Waals surface area contributed by atoms with Gasteiger partial charge in [-0.3, -0.25) is 0 Å². The molecule has 0 atom stereocenters. The molecule has 0 amide bonds. The van der Waals surface area contributed by atoms with Gasteiger partial charge in [0.15, 0.2) is 0 Å². The third-order valence-electron chi connectivity index (χ3n) is 2.64. The summed E-state index contributed by atoms with van der Waals surface area (Å²) in [6, 6.07) is 12.9. The fourth-order valence-corrected chi connectivity index (χ4v) is 1.82. The van der Waals surface area contributed by atoms with E-state index in [4.69, 9.17) is 21.6 Å². The molecule has 2 aromatic rings. The van der Waals surface area contributed by atoms with E-state index in [0.717, 1.165) is 5.56 Å². The van der Waals surface area contributed by atoms with Crippen molar-refractivity contribution < 1.29 is 14.6 Å². The molecule has 0 aliphatic heterocycles. The Morgan fingerprint density at radius 2 is 1.95 bits per heavy atom. The molecule has 100 valence electrons. The molecule has 4 nitrogen and oxygen atoms in total. The number of aromatic carboxylic acids is 1. The molecule has 2 aromatic carbocycles. The number of benzene rings is 2. The molecule has 0 aliphatic rings. The van der Waals surface area contributed by atoms with Gasteiger partial charge >= 0.3 is 0 Å². The minimum Gasteiger partial charge on any atom is -0.545 e. The fourth-order valence-electron chi connectivity index (χ4n) is 1.59. The van der Waals surface area contributed by atoms with Crippen LogP contribution < -0.4 is 9.84 Å². The summed E-state index contributed by atoms with van der Waals surface area (Å²) < 4.78 is 5.52. The number of carboxylic acids is 1. The summed E-state index contributed by atoms with van der Waals surface area (Å²) in [5, 5.41) is 19.7. The van der Waals surface area contributed by atoms with Gasteiger partial charge in [0.05, 0.1) is 22.6 Å². The van der Waals surface area contributed by atoms with Gasteiger partial charge in [0.1, 0.15) is 12.4 Å². The summed E-state index contributed by atoms with van der Waals surface area (Å²) in [6.45, 7) is 0.249. The number of carbonyl (C=O) groups is 1. The molecule has 0 radical (unpaired) electrons. The van der Waals surface area contributed by atoms with E-state index in [2.05, 4.69) is 0 Å². The lowest BCUT2D eigenvalue weighted by Crippen LogP contribution is -2.22. The van der Waals surface area contributed by atoms with Crippen molar-refractivity contribution in [2.24, 2.45) is 0 Å². The van der Waals surface area contributed by atoms with Gasteiger partial charge < -0.3 is 14.6 Å². The van der Waals surface area contributed by atoms with Gasteiger partial charge in [-0.05, 0) is 29.3 Å². The number of nitrogens with zero attached hydrogens (tertiary/aromatic N) is 1. The molecular formula is C15H9ClNO3-. The summed E-state index contributed by atoms with van der Waals surface area (Å²) in [5.41, 5.74) is 1.38. The predicted octanol–water partition coefficient (Wildman–Crippen LogP) is 2.15. The van der Waals surface area contributed by atoms with Crippen molar-refractivity contribution in [3.63, 3.8) is 0 Å². The lowest BCUT2D eigenvalue weighted by Gasteiger charge is -2.09. The van der Waals surface area contributed by atoms with E-state index in [1.807, 2.05) is 6.07 Å². The number of ether oxygens (including phenoxy) is 1. The highest BCUT2D eigenvalue weighted by Crippen LogP contribution is 2.26. The average Bonchev–Trinajstić information content (AvgIpc) is 2.46. The quantitative estimate of drug-likeness (QED) is 0.863. The standard InChI is InChI=1S/C15H10ClNO3/c16-13-7-11(8-17)3-6-14(13)20-9-10-1-4-12(5-2-10)15(18)19/h1-7H,9H2,(H,18,19)/p-1. The van der Waals surface area contributed by atoms with Gasteiger partial charge in [0.25, 0.3) is 0 Å². The van der Waals surface area contributed by atoms with Crippen LogP contribution in [0.2, 0.25) is 5.02 Å². The summed E-state index contributed by atoms with van der Waals surface area (Å²) in [5.74, 6) is -0.748. The molecule has 0 unspecified atom stereocenters. The zero-order valence-corrected chi connectivity index (χ0v) is 11.1. The third-order valence-corrected chi connectivity index (χ3v) is 2.94. The lowest BCUT2D eigenvalue weighted by molar-refractivity contribution is -0.255. The Kier molecular flexibility index (Phi) is 4.24. The van der Waals surface area contributed by atoms with Crippen molar-refractivity contribution in [2.45, 2.75) is 6.61 Å². The number of carbonyl (C=O) groups excluding carboxylic acids is 1. The summed E-state index contributed by atoms with van der Waals surface area (Å²) in [7, 11) is 0. The molecule has 0 N–H and O–H groups in total. The number of nitriles is 1. The van der Waals surface area contributed by atoms with Crippen LogP contribution in [0.4, 0.5) is 0 Å². The van der Waals surface area contributed by atoms with Crippen LogP contribution in [0.25, 0.3) is 0 Å². The van der Waals surface area contributed by atoms with Crippen molar-refractivity contribution in [1.29, 1.82) is 5.26 Å². The first-order valence-corrected chi connectivity index (χ1v) is 6.10. The Balaban J connectivity index is 2.05. The molecular weight excluding hydrogens is 278 g/mol. The van der Waals surface area contributed by atoms with E-state index in [1.54, 1.807) is 24.3 Å². The van der Waals surface area contributed by atoms with Crippen LogP contribution in [0.5, 0.6) is 5.75 Å².